The van der Waals surface area contributed by atoms with E-state index >= 15 is 0 Å². The van der Waals surface area contributed by atoms with E-state index in [0.717, 1.165) is 4.90 Å². The molecule has 2 bridgehead atoms. The fraction of sp³-hybridized carbons (Fsp3) is 0.938. The van der Waals surface area contributed by atoms with Crippen molar-refractivity contribution in [3.05, 3.63) is 0 Å². The first-order valence-corrected chi connectivity index (χ1v) is 10.8. The number of nitrogens with zero attached hydrogens (tertiary/aromatic N) is 1. The highest BCUT2D eigenvalue weighted by Gasteiger charge is 2.65. The minimum atomic E-state index is -6.49. The molecule has 0 aromatic rings. The van der Waals surface area contributed by atoms with E-state index in [-0.39, 0.29) is 17.9 Å². The van der Waals surface area contributed by atoms with Crippen LogP contribution in [0.15, 0.2) is 0 Å². The predicted octanol–water partition coefficient (Wildman–Crippen LogP) is 0.571. The smallest absolute Gasteiger partial charge is 0.368 e. The van der Waals surface area contributed by atoms with Gasteiger partial charge in [0, 0.05) is 31.8 Å². The highest BCUT2D eigenvalue weighted by atomic mass is 32.2. The summed E-state index contributed by atoms with van der Waals surface area (Å²) in [6, 6.07) is 0. The van der Waals surface area contributed by atoms with E-state index in [1.54, 1.807) is 0 Å². The Morgan fingerprint density at radius 1 is 1.26 bits per heavy atom. The van der Waals surface area contributed by atoms with Gasteiger partial charge in [-0.2, -0.15) is 30.4 Å². The van der Waals surface area contributed by atoms with Crippen LogP contribution in [0.25, 0.3) is 0 Å². The van der Waals surface area contributed by atoms with Gasteiger partial charge >= 0.3 is 21.5 Å². The Morgan fingerprint density at radius 2 is 1.87 bits per heavy atom. The Hall–Kier alpha value is -1.13. The second kappa shape index (κ2) is 8.02. The summed E-state index contributed by atoms with van der Waals surface area (Å²) in [5.74, 6) is -1.43. The summed E-state index contributed by atoms with van der Waals surface area (Å²) in [5.41, 5.74) is 0. The van der Waals surface area contributed by atoms with Crippen LogP contribution in [0.4, 0.5) is 22.0 Å². The molecule has 180 valence electrons. The van der Waals surface area contributed by atoms with Crippen molar-refractivity contribution in [1.82, 2.24) is 4.90 Å². The van der Waals surface area contributed by atoms with Crippen LogP contribution in [0.2, 0.25) is 0 Å². The lowest BCUT2D eigenvalue weighted by molar-refractivity contribution is -0.301. The number of ether oxygens (including phenoxy) is 2. The number of carbonyl (C=O) groups is 1. The molecule has 3 N–H and O–H groups in total. The number of aliphatic hydroxyl groups is 2. The maximum Gasteiger partial charge on any atom is 0.421 e. The van der Waals surface area contributed by atoms with Crippen molar-refractivity contribution >= 4 is 16.0 Å². The van der Waals surface area contributed by atoms with Crippen LogP contribution in [0.3, 0.4) is 0 Å². The zero-order chi connectivity index (χ0) is 23.5. The summed E-state index contributed by atoms with van der Waals surface area (Å²) < 4.78 is 104. The Labute approximate surface area is 173 Å². The number of hydrogen-bond donors (Lipinski definition) is 3. The summed E-state index contributed by atoms with van der Waals surface area (Å²) in [5, 5.41) is 13.9. The average molecular weight is 483 g/mol. The number of carbonyl (C=O) groups excluding carboxylic acids is 1. The minimum absolute atomic E-state index is 0.0312. The molecule has 9 nitrogen and oxygen atoms in total. The largest absolute Gasteiger partial charge is 0.421 e. The van der Waals surface area contributed by atoms with Gasteiger partial charge in [0.1, 0.15) is 0 Å². The van der Waals surface area contributed by atoms with Gasteiger partial charge in [-0.05, 0) is 24.7 Å². The second-order valence-corrected chi connectivity index (χ2v) is 9.66. The fourth-order valence-corrected chi connectivity index (χ4v) is 5.37. The van der Waals surface area contributed by atoms with Crippen LogP contribution >= 0.6 is 0 Å². The average Bonchev–Trinajstić information content (AvgIpc) is 3.23. The highest BCUT2D eigenvalue weighted by Crippen LogP contribution is 2.59. The molecular formula is C16H22F5NO8S. The molecule has 1 heterocycles. The van der Waals surface area contributed by atoms with Crippen LogP contribution in [0.5, 0.6) is 0 Å². The van der Waals surface area contributed by atoms with Crippen LogP contribution in [-0.2, 0) is 24.4 Å². The SMILES string of the molecule is CN(CCC(O)OC(C(F)(F)F)C(F)(F)S(=O)(=O)O)C(=O)C1C2CC3OC(O)C1C3C2. The highest BCUT2D eigenvalue weighted by molar-refractivity contribution is 7.86. The summed E-state index contributed by atoms with van der Waals surface area (Å²) >= 11 is 0. The number of halogens is 5. The molecule has 0 aromatic heterocycles. The maximum atomic E-state index is 13.5. The zero-order valence-corrected chi connectivity index (χ0v) is 16.9. The molecule has 1 saturated heterocycles. The van der Waals surface area contributed by atoms with Crippen molar-refractivity contribution in [2.24, 2.45) is 23.7 Å². The summed E-state index contributed by atoms with van der Waals surface area (Å²) in [4.78, 5) is 13.8. The first kappa shape index (κ1) is 24.5. The molecule has 0 radical (unpaired) electrons. The van der Waals surface area contributed by atoms with Gasteiger partial charge in [-0.15, -0.1) is 0 Å². The third-order valence-electron chi connectivity index (χ3n) is 6.26. The van der Waals surface area contributed by atoms with Gasteiger partial charge in [-0.3, -0.25) is 9.35 Å². The molecule has 3 aliphatic rings. The van der Waals surface area contributed by atoms with Crippen molar-refractivity contribution in [2.75, 3.05) is 13.6 Å². The zero-order valence-electron chi connectivity index (χ0n) is 16.1. The van der Waals surface area contributed by atoms with Crippen molar-refractivity contribution in [3.8, 4) is 0 Å². The molecular weight excluding hydrogens is 461 g/mol. The third-order valence-corrected chi connectivity index (χ3v) is 7.16. The van der Waals surface area contributed by atoms with E-state index < -0.39 is 70.9 Å². The van der Waals surface area contributed by atoms with Gasteiger partial charge in [0.25, 0.3) is 0 Å². The van der Waals surface area contributed by atoms with Gasteiger partial charge in [-0.1, -0.05) is 0 Å². The fourth-order valence-electron chi connectivity index (χ4n) is 4.91. The number of hydrogen-bond acceptors (Lipinski definition) is 7. The van der Waals surface area contributed by atoms with Gasteiger partial charge in [0.2, 0.25) is 12.0 Å². The molecule has 15 heteroatoms. The predicted molar refractivity (Wildman–Crippen MR) is 89.8 cm³/mol. The van der Waals surface area contributed by atoms with Gasteiger partial charge in [-0.25, -0.2) is 0 Å². The summed E-state index contributed by atoms with van der Waals surface area (Å²) in [6.07, 6.45) is -13.4. The van der Waals surface area contributed by atoms with Crippen molar-refractivity contribution in [1.29, 1.82) is 0 Å². The Kier molecular flexibility index (Phi) is 6.34. The number of aliphatic hydroxyl groups excluding tert-OH is 2. The van der Waals surface area contributed by atoms with Crippen LogP contribution in [0, 0.1) is 23.7 Å². The van der Waals surface area contributed by atoms with Crippen LogP contribution in [-0.4, -0.2) is 83.8 Å². The van der Waals surface area contributed by atoms with E-state index in [0.29, 0.717) is 12.8 Å². The lowest BCUT2D eigenvalue weighted by Gasteiger charge is -2.31. The number of alkyl halides is 5. The molecule has 3 fully saturated rings. The van der Waals surface area contributed by atoms with Crippen molar-refractivity contribution < 1.29 is 59.4 Å². The summed E-state index contributed by atoms with van der Waals surface area (Å²) in [6.45, 7) is -0.400. The monoisotopic (exact) mass is 483 g/mol. The van der Waals surface area contributed by atoms with E-state index in [1.165, 1.54) is 7.05 Å². The Balaban J connectivity index is 1.59. The van der Waals surface area contributed by atoms with E-state index in [2.05, 4.69) is 4.74 Å². The van der Waals surface area contributed by atoms with Crippen molar-refractivity contribution in [2.45, 2.75) is 55.5 Å². The van der Waals surface area contributed by atoms with Crippen LogP contribution < -0.4 is 0 Å². The number of rotatable bonds is 8. The molecule has 8 unspecified atom stereocenters. The molecule has 2 saturated carbocycles. The lowest BCUT2D eigenvalue weighted by Crippen LogP contribution is -2.53. The molecule has 1 amide bonds. The second-order valence-electron chi connectivity index (χ2n) is 8.16. The molecule has 2 aliphatic carbocycles. The molecule has 0 spiro atoms. The third kappa shape index (κ3) is 4.39. The molecule has 3 rings (SSSR count). The maximum absolute atomic E-state index is 13.5. The standard InChI is InChI=1S/C16H22F5NO8S/c1-22(12(24)10-6-4-7-8(5-6)29-13(25)11(7)10)3-2-9(23)30-14(15(17,18)19)16(20,21)31(26,27)28/h6-11,13-14,23,25H,2-5H2,1H3,(H,26,27,28). The van der Waals surface area contributed by atoms with E-state index in [1.807, 2.05) is 0 Å². The summed E-state index contributed by atoms with van der Waals surface area (Å²) in [7, 11) is -5.20. The minimum Gasteiger partial charge on any atom is -0.368 e. The molecule has 8 atom stereocenters. The van der Waals surface area contributed by atoms with Crippen LogP contribution in [0.1, 0.15) is 19.3 Å². The number of fused-ring (bicyclic) bond motifs is 1. The van der Waals surface area contributed by atoms with E-state index in [4.69, 9.17) is 9.29 Å². The van der Waals surface area contributed by atoms with E-state index in [9.17, 15) is 45.4 Å². The van der Waals surface area contributed by atoms with Gasteiger partial charge in [0.05, 0.1) is 6.10 Å². The van der Waals surface area contributed by atoms with Crippen molar-refractivity contribution in [3.63, 3.8) is 0 Å². The molecule has 1 aliphatic heterocycles. The molecule has 31 heavy (non-hydrogen) atoms. The topological polar surface area (TPSA) is 134 Å². The molecule has 0 aromatic carbocycles. The number of amides is 1. The quantitative estimate of drug-likeness (QED) is 0.259. The van der Waals surface area contributed by atoms with Gasteiger partial charge in [0.15, 0.2) is 12.6 Å². The Bertz CT molecular complexity index is 806. The normalized spacial score (nSPS) is 34.7. The van der Waals surface area contributed by atoms with Gasteiger partial charge < -0.3 is 24.6 Å². The lowest BCUT2D eigenvalue weighted by atomic mass is 9.79. The Morgan fingerprint density at radius 3 is 2.42 bits per heavy atom. The first-order chi connectivity index (χ1) is 14.1. The first-order valence-electron chi connectivity index (χ1n) is 9.39.